The van der Waals surface area contributed by atoms with Gasteiger partial charge < -0.3 is 34.8 Å². The number of carbonyl (C=O) groups is 4. The third-order valence-corrected chi connectivity index (χ3v) is 11.4. The summed E-state index contributed by atoms with van der Waals surface area (Å²) < 4.78 is 7.66. The largest absolute Gasteiger partial charge is 0.507 e. The minimum Gasteiger partial charge on any atom is -0.507 e. The molecule has 1 saturated heterocycles. The number of benzene rings is 2. The average molecular weight is 678 g/mol. The molecule has 1 fully saturated rings. The molecule has 0 amide bonds. The third kappa shape index (κ3) is 4.20. The van der Waals surface area contributed by atoms with E-state index in [4.69, 9.17) is 4.74 Å². The van der Waals surface area contributed by atoms with E-state index in [9.17, 15) is 39.3 Å². The van der Waals surface area contributed by atoms with Crippen LogP contribution in [0.4, 0.5) is 11.4 Å². The van der Waals surface area contributed by atoms with Gasteiger partial charge in [0.1, 0.15) is 34.0 Å². The first kappa shape index (κ1) is 31.6. The third-order valence-electron chi connectivity index (χ3n) is 11.4. The lowest BCUT2D eigenvalue weighted by molar-refractivity contribution is -0.143. The number of carboxylic acid groups (broad SMARTS) is 1. The molecule has 0 spiro atoms. The number of aliphatic carboxylic acids is 1. The molecule has 2 aromatic carbocycles. The van der Waals surface area contributed by atoms with Gasteiger partial charge in [-0.05, 0) is 76.3 Å². The predicted molar refractivity (Wildman–Crippen MR) is 181 cm³/mol. The number of carbonyl (C=O) groups excluding carboxylic acids is 3. The molecule has 4 N–H and O–H groups in total. The fraction of sp³-hybridized carbons (Fsp3) is 0.342. The number of allylic oxidation sites excluding steroid dienone is 4. The van der Waals surface area contributed by atoms with Gasteiger partial charge in [-0.3, -0.25) is 24.0 Å². The number of nitrogens with one attached hydrogen (secondary N) is 1. The molecule has 1 aromatic heterocycles. The zero-order chi connectivity index (χ0) is 35.5. The van der Waals surface area contributed by atoms with Crippen molar-refractivity contribution in [1.29, 1.82) is 0 Å². The molecule has 8 rings (SSSR count). The maximum absolute atomic E-state index is 14.3. The van der Waals surface area contributed by atoms with E-state index in [1.807, 2.05) is 24.3 Å². The van der Waals surface area contributed by atoms with Crippen LogP contribution in [0.3, 0.4) is 0 Å². The van der Waals surface area contributed by atoms with Gasteiger partial charge in [0.15, 0.2) is 17.3 Å². The first-order valence-electron chi connectivity index (χ1n) is 16.6. The van der Waals surface area contributed by atoms with Crippen molar-refractivity contribution >= 4 is 34.7 Å². The molecule has 2 unspecified atom stereocenters. The van der Waals surface area contributed by atoms with Gasteiger partial charge in [0.25, 0.3) is 5.56 Å². The molecule has 0 radical (unpaired) electrons. The van der Waals surface area contributed by atoms with E-state index >= 15 is 0 Å². The number of ketones is 3. The van der Waals surface area contributed by atoms with Crippen molar-refractivity contribution in [3.63, 3.8) is 0 Å². The summed E-state index contributed by atoms with van der Waals surface area (Å²) in [5.74, 6) is -4.41. The summed E-state index contributed by atoms with van der Waals surface area (Å²) in [6.07, 6.45) is 2.26. The van der Waals surface area contributed by atoms with Gasteiger partial charge in [0.2, 0.25) is 0 Å². The molecule has 12 heteroatoms. The number of piperidine rings is 1. The lowest BCUT2D eigenvalue weighted by Crippen LogP contribution is -2.60. The number of phenolic OH excluding ortho intramolecular Hbond substituents is 2. The van der Waals surface area contributed by atoms with E-state index in [0.717, 1.165) is 23.4 Å². The number of nitrogens with zero attached hydrogens (tertiary/aromatic N) is 2. The van der Waals surface area contributed by atoms with Gasteiger partial charge in [-0.1, -0.05) is 6.07 Å². The summed E-state index contributed by atoms with van der Waals surface area (Å²) in [6.45, 7) is 6.81. The first-order chi connectivity index (χ1) is 23.7. The molecule has 50 heavy (non-hydrogen) atoms. The zero-order valence-corrected chi connectivity index (χ0v) is 27.9. The van der Waals surface area contributed by atoms with E-state index in [1.54, 1.807) is 23.6 Å². The van der Waals surface area contributed by atoms with Crippen molar-refractivity contribution < 1.29 is 39.2 Å². The Morgan fingerprint density at radius 2 is 1.80 bits per heavy atom. The number of hydrogen-bond acceptors (Lipinski definition) is 10. The summed E-state index contributed by atoms with van der Waals surface area (Å²) in [5.41, 5.74) is 1.45. The van der Waals surface area contributed by atoms with Crippen molar-refractivity contribution in [2.45, 2.75) is 64.5 Å². The van der Waals surface area contributed by atoms with E-state index in [1.165, 1.54) is 26.8 Å². The van der Waals surface area contributed by atoms with Gasteiger partial charge in [-0.2, -0.15) is 0 Å². The summed E-state index contributed by atoms with van der Waals surface area (Å²) in [7, 11) is 0. The molecule has 256 valence electrons. The molecule has 4 aliphatic heterocycles. The summed E-state index contributed by atoms with van der Waals surface area (Å²) >= 11 is 0. The number of fused-ring (bicyclic) bond motifs is 11. The summed E-state index contributed by atoms with van der Waals surface area (Å²) in [4.78, 5) is 67.9. The van der Waals surface area contributed by atoms with Crippen LogP contribution in [0, 0.1) is 18.8 Å². The Bertz CT molecular complexity index is 2250. The van der Waals surface area contributed by atoms with Crippen LogP contribution in [-0.2, 0) is 32.8 Å². The monoisotopic (exact) mass is 677 g/mol. The summed E-state index contributed by atoms with van der Waals surface area (Å²) in [5, 5.41) is 35.3. The van der Waals surface area contributed by atoms with Crippen molar-refractivity contribution in [2.75, 3.05) is 16.8 Å². The maximum atomic E-state index is 14.3. The van der Waals surface area contributed by atoms with Crippen LogP contribution in [0.15, 0.2) is 64.3 Å². The number of Topliss-reactive ketones (excluding diaryl/α,β-unsaturated/α-hetero) is 2. The maximum Gasteiger partial charge on any atom is 0.308 e. The van der Waals surface area contributed by atoms with Gasteiger partial charge in [0, 0.05) is 65.5 Å². The number of ether oxygens (including phenoxy) is 1. The molecule has 5 heterocycles. The SMILES string of the molecule is CC(=O)c1c(O)c(C)c(O)c2c1OC1=CC(=O)C(=C(C)Nc3ccc4c(c3)C[C@@H](C(=O)O)[C@@H]3C5CC(CN43)c3cccc(=O)n3C5)C(=O)[C@@]12C. The fourth-order valence-corrected chi connectivity index (χ4v) is 9.06. The van der Waals surface area contributed by atoms with E-state index in [2.05, 4.69) is 10.2 Å². The molecule has 5 atom stereocenters. The topological polar surface area (TPSA) is 175 Å². The van der Waals surface area contributed by atoms with Crippen molar-refractivity contribution in [2.24, 2.45) is 11.8 Å². The highest BCUT2D eigenvalue weighted by Crippen LogP contribution is 2.57. The van der Waals surface area contributed by atoms with Gasteiger partial charge in [-0.15, -0.1) is 0 Å². The number of pyridine rings is 1. The van der Waals surface area contributed by atoms with Crippen molar-refractivity contribution in [1.82, 2.24) is 4.57 Å². The Labute approximate surface area is 286 Å². The number of carboxylic acids is 1. The molecule has 2 bridgehead atoms. The second-order valence-electron chi connectivity index (χ2n) is 14.2. The molecule has 1 aliphatic carbocycles. The van der Waals surface area contributed by atoms with Crippen molar-refractivity contribution in [3.8, 4) is 17.2 Å². The van der Waals surface area contributed by atoms with Crippen LogP contribution < -0.4 is 20.5 Å². The molecule has 0 saturated carbocycles. The molecule has 3 aromatic rings. The lowest BCUT2D eigenvalue weighted by atomic mass is 9.70. The molecule has 5 aliphatic rings. The molecular weight excluding hydrogens is 642 g/mol. The highest BCUT2D eigenvalue weighted by molar-refractivity contribution is 6.31. The Hall–Kier alpha value is -5.65. The Morgan fingerprint density at radius 1 is 1.04 bits per heavy atom. The standard InChI is InChI=1S/C38H35N3O9/c1-16-33(45)30(18(3)42)35-31(34(16)46)38(4)27(50-35)13-26(43)29(36(38)47)17(2)39-22-8-9-25-19(11-22)12-23(37(48)49)32-21-10-20(14-41(25)32)24-6-5-7-28(44)40(24)15-21/h5-9,11,13,20-21,23,32,39,45-46H,10,12,14-15H2,1-4H3,(H,48,49)/t20?,21?,23-,32+,38+/m1/s1. The van der Waals surface area contributed by atoms with Gasteiger partial charge in [0.05, 0.1) is 17.1 Å². The zero-order valence-electron chi connectivity index (χ0n) is 27.9. The Morgan fingerprint density at radius 3 is 2.52 bits per heavy atom. The highest BCUT2D eigenvalue weighted by atomic mass is 16.5. The summed E-state index contributed by atoms with van der Waals surface area (Å²) in [6, 6.07) is 10.6. The number of hydrogen-bond donors (Lipinski definition) is 4. The molecular formula is C38H35N3O9. The second-order valence-corrected chi connectivity index (χ2v) is 14.2. The van der Waals surface area contributed by atoms with Crippen LogP contribution in [0.1, 0.15) is 65.9 Å². The fourth-order valence-electron chi connectivity index (χ4n) is 9.06. The number of aromatic nitrogens is 1. The predicted octanol–water partition coefficient (Wildman–Crippen LogP) is 4.09. The second kappa shape index (κ2) is 10.7. The van der Waals surface area contributed by atoms with Crippen LogP contribution in [0.25, 0.3) is 0 Å². The van der Waals surface area contributed by atoms with Crippen LogP contribution in [0.5, 0.6) is 17.2 Å². The highest BCUT2D eigenvalue weighted by Gasteiger charge is 2.56. The van der Waals surface area contributed by atoms with Crippen LogP contribution in [-0.4, -0.2) is 55.8 Å². The van der Waals surface area contributed by atoms with E-state index in [0.29, 0.717) is 18.8 Å². The molecule has 12 nitrogen and oxygen atoms in total. The number of rotatable bonds is 4. The van der Waals surface area contributed by atoms with Crippen LogP contribution >= 0.6 is 0 Å². The number of aromatic hydroxyl groups is 2. The quantitative estimate of drug-likeness (QED) is 0.178. The first-order valence-corrected chi connectivity index (χ1v) is 16.6. The minimum atomic E-state index is -1.65. The number of phenols is 2. The lowest BCUT2D eigenvalue weighted by Gasteiger charge is -2.53. The van der Waals surface area contributed by atoms with Crippen molar-refractivity contribution in [3.05, 3.63) is 97.8 Å². The van der Waals surface area contributed by atoms with Gasteiger partial charge >= 0.3 is 5.97 Å². The normalized spacial score (nSPS) is 26.8. The Balaban J connectivity index is 1.15. The van der Waals surface area contributed by atoms with Crippen LogP contribution in [0.2, 0.25) is 0 Å². The van der Waals surface area contributed by atoms with E-state index < -0.39 is 46.2 Å². The van der Waals surface area contributed by atoms with E-state index in [-0.39, 0.29) is 69.3 Å². The Kier molecular flexibility index (Phi) is 6.75. The smallest absolute Gasteiger partial charge is 0.308 e. The number of anilines is 2. The average Bonchev–Trinajstić information content (AvgIpc) is 3.36. The minimum absolute atomic E-state index is 0.00793. The van der Waals surface area contributed by atoms with Gasteiger partial charge in [-0.25, -0.2) is 0 Å².